The number of amides is 2. The first kappa shape index (κ1) is 50.4. The molecule has 19 heteroatoms. The molecule has 0 fully saturated rings. The van der Waals surface area contributed by atoms with E-state index < -0.39 is 34.3 Å². The fraction of sp³-hybridized carbons (Fsp3) is 0.119. The first-order chi connectivity index (χ1) is 37.7. The van der Waals surface area contributed by atoms with Crippen LogP contribution < -0.4 is 21.5 Å². The lowest BCUT2D eigenvalue weighted by Gasteiger charge is -2.13. The molecule has 16 nitrogen and oxygen atoms in total. The number of nitrogens with zero attached hydrogens (tertiary/aromatic N) is 6. The van der Waals surface area contributed by atoms with Gasteiger partial charge in [0.05, 0.1) is 51.0 Å². The monoisotopic (exact) mass is 1060 g/mol. The average Bonchev–Trinajstić information content (AvgIpc) is 4.29. The van der Waals surface area contributed by atoms with Gasteiger partial charge in [-0.3, -0.25) is 29.4 Å². The smallest absolute Gasteiger partial charge is 0.261 e. The van der Waals surface area contributed by atoms with Crippen LogP contribution in [0.2, 0.25) is 5.02 Å². The van der Waals surface area contributed by atoms with Gasteiger partial charge in [0.25, 0.3) is 11.8 Å². The molecule has 0 aliphatic rings. The number of halogens is 3. The highest BCUT2D eigenvalue weighted by molar-refractivity contribution is 6.31. The van der Waals surface area contributed by atoms with Crippen LogP contribution in [0.1, 0.15) is 51.3 Å². The van der Waals surface area contributed by atoms with Gasteiger partial charge in [-0.1, -0.05) is 54.1 Å². The molecule has 0 radical (unpaired) electrons. The molecule has 0 aliphatic carbocycles. The summed E-state index contributed by atoms with van der Waals surface area (Å²) in [6, 6.07) is 31.0. The Morgan fingerprint density at radius 1 is 0.615 bits per heavy atom. The minimum absolute atomic E-state index is 0.0567. The van der Waals surface area contributed by atoms with Gasteiger partial charge in [-0.15, -0.1) is 0 Å². The van der Waals surface area contributed by atoms with Gasteiger partial charge in [-0.25, -0.2) is 18.7 Å². The Kier molecular flexibility index (Phi) is 13.2. The molecular formula is C59H45ClF2N10O6. The third-order valence-corrected chi connectivity index (χ3v) is 13.7. The van der Waals surface area contributed by atoms with Crippen LogP contribution in [-0.2, 0) is 13.1 Å². The van der Waals surface area contributed by atoms with E-state index in [0.29, 0.717) is 80.8 Å². The number of fused-ring (bicyclic) bond motifs is 4. The van der Waals surface area contributed by atoms with E-state index in [-0.39, 0.29) is 26.9 Å². The number of pyridine rings is 2. The highest BCUT2D eigenvalue weighted by atomic mass is 35.5. The van der Waals surface area contributed by atoms with Gasteiger partial charge in [-0.05, 0) is 118 Å². The Morgan fingerprint density at radius 3 is 1.69 bits per heavy atom. The number of para-hydroxylation sites is 1. The third kappa shape index (κ3) is 9.38. The Hall–Kier alpha value is -9.81. The zero-order valence-corrected chi connectivity index (χ0v) is 43.1. The van der Waals surface area contributed by atoms with E-state index in [9.17, 15) is 28.0 Å². The van der Waals surface area contributed by atoms with Crippen LogP contribution >= 0.6 is 11.6 Å². The summed E-state index contributed by atoms with van der Waals surface area (Å²) in [6.07, 6.45) is 6.29. The second-order valence-corrected chi connectivity index (χ2v) is 18.9. The third-order valence-electron chi connectivity index (χ3n) is 13.4. The minimum Gasteiger partial charge on any atom is -0.436 e. The van der Waals surface area contributed by atoms with E-state index in [2.05, 4.69) is 41.0 Å². The standard InChI is InChI=1S/C30H24FN5O3.C29H21ClFN5O3/c1-4-36-15-22(28(37)20-13-23(31)17(3)12-24(20)36)29(38)33-19-10-8-18(9-11-19)27-21(14-32-35-27)30-34-26-16(2)6-5-7-25(26)39-30;1-3-36-14-20(27(37)18-11-22(31)21(30)12-24(18)36)28(38)33-17-7-5-16(6-8-17)26-19(13-32-35-26)29-34-23-10-15(2)4-9-25(23)39-29/h5-15H,4H2,1-3H3,(H,32,35)(H,33,38);4-14H,3H2,1-2H3,(H,32,35)(H,33,38). The van der Waals surface area contributed by atoms with Crippen LogP contribution in [0.4, 0.5) is 20.2 Å². The van der Waals surface area contributed by atoms with Gasteiger partial charge in [0.2, 0.25) is 22.6 Å². The molecule has 388 valence electrons. The number of carbonyl (C=O) groups excluding carboxylic acids is 2. The number of benzene rings is 6. The fourth-order valence-electron chi connectivity index (χ4n) is 9.27. The van der Waals surface area contributed by atoms with E-state index in [4.69, 9.17) is 20.4 Å². The summed E-state index contributed by atoms with van der Waals surface area (Å²) in [7, 11) is 0. The van der Waals surface area contributed by atoms with Crippen LogP contribution in [0, 0.1) is 32.4 Å². The van der Waals surface area contributed by atoms with Gasteiger partial charge >= 0.3 is 0 Å². The largest absolute Gasteiger partial charge is 0.436 e. The van der Waals surface area contributed by atoms with Crippen LogP contribution in [0.25, 0.3) is 89.4 Å². The lowest BCUT2D eigenvalue weighted by Crippen LogP contribution is -2.24. The molecule has 0 unspecified atom stereocenters. The van der Waals surface area contributed by atoms with E-state index >= 15 is 0 Å². The van der Waals surface area contributed by atoms with Crippen molar-refractivity contribution in [1.82, 2.24) is 39.5 Å². The molecule has 6 aromatic carbocycles. The summed E-state index contributed by atoms with van der Waals surface area (Å²) >= 11 is 5.91. The molecule has 12 rings (SSSR count). The number of anilines is 2. The molecule has 78 heavy (non-hydrogen) atoms. The molecule has 0 aliphatic heterocycles. The summed E-state index contributed by atoms with van der Waals surface area (Å²) < 4.78 is 43.7. The highest BCUT2D eigenvalue weighted by Crippen LogP contribution is 2.35. The number of aromatic nitrogens is 8. The molecule has 0 spiro atoms. The van der Waals surface area contributed by atoms with Gasteiger partial charge in [-0.2, -0.15) is 10.2 Å². The molecule has 0 saturated heterocycles. The SMILES string of the molecule is CCn1cc(C(=O)Nc2ccc(-c3[nH]ncc3-c3nc4c(C)cccc4o3)cc2)c(=O)c2cc(F)c(C)cc21.CCn1cc(C(=O)Nc2ccc(-c3[nH]ncc3-c3nc4cc(C)ccc4o3)cc2)c(=O)c2cc(F)c(Cl)cc21. The molecule has 6 heterocycles. The number of oxazole rings is 2. The van der Waals surface area contributed by atoms with Crippen LogP contribution in [0.3, 0.4) is 0 Å². The van der Waals surface area contributed by atoms with Gasteiger partial charge in [0.15, 0.2) is 11.2 Å². The molecule has 6 aromatic heterocycles. The number of H-pyrrole nitrogens is 2. The van der Waals surface area contributed by atoms with Crippen molar-refractivity contribution in [3.8, 4) is 45.4 Å². The van der Waals surface area contributed by atoms with Crippen molar-refractivity contribution in [3.05, 3.63) is 199 Å². The lowest BCUT2D eigenvalue weighted by molar-refractivity contribution is 0.101. The van der Waals surface area contributed by atoms with Crippen molar-refractivity contribution in [3.63, 3.8) is 0 Å². The second-order valence-electron chi connectivity index (χ2n) is 18.5. The first-order valence-electron chi connectivity index (χ1n) is 24.7. The molecule has 0 atom stereocenters. The number of aromatic amines is 2. The maximum absolute atomic E-state index is 14.2. The number of hydrogen-bond acceptors (Lipinski definition) is 10. The maximum Gasteiger partial charge on any atom is 0.261 e. The fourth-order valence-corrected chi connectivity index (χ4v) is 9.43. The Bertz CT molecular complexity index is 4480. The van der Waals surface area contributed by atoms with Crippen LogP contribution in [0.5, 0.6) is 0 Å². The van der Waals surface area contributed by atoms with E-state index in [1.54, 1.807) is 58.8 Å². The number of nitrogens with one attached hydrogen (secondary N) is 4. The average molecular weight is 1060 g/mol. The van der Waals surface area contributed by atoms with Crippen molar-refractivity contribution in [2.45, 2.75) is 47.7 Å². The Balaban J connectivity index is 0.000000165. The first-order valence-corrected chi connectivity index (χ1v) is 25.0. The van der Waals surface area contributed by atoms with Crippen molar-refractivity contribution in [2.75, 3.05) is 10.6 Å². The van der Waals surface area contributed by atoms with Gasteiger partial charge < -0.3 is 28.6 Å². The van der Waals surface area contributed by atoms with Crippen LogP contribution in [-0.4, -0.2) is 51.3 Å². The maximum atomic E-state index is 14.2. The predicted molar refractivity (Wildman–Crippen MR) is 297 cm³/mol. The predicted octanol–water partition coefficient (Wildman–Crippen LogP) is 12.8. The second kappa shape index (κ2) is 20.4. The Labute approximate surface area is 446 Å². The van der Waals surface area contributed by atoms with Gasteiger partial charge in [0, 0.05) is 58.8 Å². The van der Waals surface area contributed by atoms with E-state index in [1.807, 2.05) is 88.4 Å². The summed E-state index contributed by atoms with van der Waals surface area (Å²) in [6.45, 7) is 10.3. The molecule has 4 N–H and O–H groups in total. The number of aryl methyl sites for hydroxylation is 5. The van der Waals surface area contributed by atoms with Crippen molar-refractivity contribution >= 4 is 78.8 Å². The summed E-state index contributed by atoms with van der Waals surface area (Å²) in [5, 5.41) is 20.0. The topological polar surface area (TPSA) is 212 Å². The van der Waals surface area contributed by atoms with Crippen molar-refractivity contribution in [1.29, 1.82) is 0 Å². The van der Waals surface area contributed by atoms with Gasteiger partial charge in [0.1, 0.15) is 33.8 Å². The molecular weight excluding hydrogens is 1020 g/mol. The number of carbonyl (C=O) groups is 2. The zero-order chi connectivity index (χ0) is 54.5. The molecule has 2 amide bonds. The number of hydrogen-bond donors (Lipinski definition) is 4. The quantitative estimate of drug-likeness (QED) is 0.102. The molecule has 0 saturated carbocycles. The van der Waals surface area contributed by atoms with Crippen molar-refractivity contribution < 1.29 is 27.2 Å². The highest BCUT2D eigenvalue weighted by Gasteiger charge is 2.22. The van der Waals surface area contributed by atoms with E-state index in [1.165, 1.54) is 24.5 Å². The summed E-state index contributed by atoms with van der Waals surface area (Å²) in [5.41, 5.74) is 10.7. The summed E-state index contributed by atoms with van der Waals surface area (Å²) in [4.78, 5) is 61.6. The molecule has 12 aromatic rings. The molecule has 0 bridgehead atoms. The van der Waals surface area contributed by atoms with Crippen LogP contribution in [0.15, 0.2) is 152 Å². The van der Waals surface area contributed by atoms with Crippen molar-refractivity contribution in [2.24, 2.45) is 0 Å². The minimum atomic E-state index is -0.719. The van der Waals surface area contributed by atoms with E-state index in [0.717, 1.165) is 45.0 Å². The lowest BCUT2D eigenvalue weighted by atomic mass is 10.1. The normalized spacial score (nSPS) is 11.4. The Morgan fingerprint density at radius 2 is 1.14 bits per heavy atom. The summed E-state index contributed by atoms with van der Waals surface area (Å²) in [5.74, 6) is -1.48. The zero-order valence-electron chi connectivity index (χ0n) is 42.4. The number of rotatable bonds is 10.